The highest BCUT2D eigenvalue weighted by Gasteiger charge is 2.20. The van der Waals surface area contributed by atoms with Crippen molar-refractivity contribution in [2.24, 2.45) is 0 Å². The van der Waals surface area contributed by atoms with E-state index in [1.165, 1.54) is 0 Å². The van der Waals surface area contributed by atoms with E-state index >= 15 is 0 Å². The first-order valence-electron chi connectivity index (χ1n) is 7.28. The van der Waals surface area contributed by atoms with Crippen LogP contribution in [0.25, 0.3) is 11.1 Å². The molecule has 0 saturated carbocycles. The van der Waals surface area contributed by atoms with Crippen LogP contribution in [0, 0.1) is 0 Å². The number of hydrogen-bond donors (Lipinski definition) is 0. The summed E-state index contributed by atoms with van der Waals surface area (Å²) in [6.07, 6.45) is 1.56. The van der Waals surface area contributed by atoms with E-state index in [0.29, 0.717) is 12.3 Å². The molecule has 0 aliphatic heterocycles. The highest BCUT2D eigenvalue weighted by atomic mass is 79.9. The Kier molecular flexibility index (Phi) is 4.63. The van der Waals surface area contributed by atoms with Crippen molar-refractivity contribution < 1.29 is 9.21 Å². The molecule has 0 unspecified atom stereocenters. The zero-order valence-corrected chi connectivity index (χ0v) is 14.3. The molecule has 1 aromatic heterocycles. The molecule has 0 saturated heterocycles. The Labute approximate surface area is 143 Å². The van der Waals surface area contributed by atoms with Crippen molar-refractivity contribution in [3.63, 3.8) is 0 Å². The van der Waals surface area contributed by atoms with Crippen LogP contribution in [0.2, 0.25) is 0 Å². The van der Waals surface area contributed by atoms with E-state index in [1.807, 2.05) is 60.7 Å². The molecule has 4 heteroatoms. The number of nitrogens with zero attached hydrogens (tertiary/aromatic N) is 1. The largest absolute Gasteiger partial charge is 0.459 e. The standard InChI is InChI=1S/C19H16BrNO2/c1-21(13-15-9-5-6-10-17(15)20)19(22)18-16(11-12-23-18)14-7-3-2-4-8-14/h2-12H,13H2,1H3. The van der Waals surface area contributed by atoms with Crippen molar-refractivity contribution in [2.75, 3.05) is 7.05 Å². The molecule has 0 bridgehead atoms. The summed E-state index contributed by atoms with van der Waals surface area (Å²) in [5.74, 6) is 0.232. The Hall–Kier alpha value is -2.33. The van der Waals surface area contributed by atoms with E-state index in [0.717, 1.165) is 21.2 Å². The number of carbonyl (C=O) groups is 1. The SMILES string of the molecule is CN(Cc1ccccc1Br)C(=O)c1occc1-c1ccccc1. The lowest BCUT2D eigenvalue weighted by Crippen LogP contribution is -2.26. The van der Waals surface area contributed by atoms with Gasteiger partial charge in [-0.1, -0.05) is 64.5 Å². The van der Waals surface area contributed by atoms with E-state index in [2.05, 4.69) is 15.9 Å². The van der Waals surface area contributed by atoms with Crippen molar-refractivity contribution in [2.45, 2.75) is 6.54 Å². The minimum absolute atomic E-state index is 0.135. The summed E-state index contributed by atoms with van der Waals surface area (Å²) in [5, 5.41) is 0. The van der Waals surface area contributed by atoms with Crippen LogP contribution in [0.15, 0.2) is 75.8 Å². The van der Waals surface area contributed by atoms with Crippen molar-refractivity contribution in [1.82, 2.24) is 4.90 Å². The predicted octanol–water partition coefficient (Wildman–Crippen LogP) is 4.98. The van der Waals surface area contributed by atoms with Crippen LogP contribution in [-0.4, -0.2) is 17.9 Å². The van der Waals surface area contributed by atoms with Crippen LogP contribution in [0.3, 0.4) is 0 Å². The summed E-state index contributed by atoms with van der Waals surface area (Å²) < 4.78 is 6.46. The lowest BCUT2D eigenvalue weighted by molar-refractivity contribution is 0.0754. The second kappa shape index (κ2) is 6.84. The van der Waals surface area contributed by atoms with Gasteiger partial charge in [0.2, 0.25) is 0 Å². The van der Waals surface area contributed by atoms with E-state index < -0.39 is 0 Å². The molecule has 3 rings (SSSR count). The molecule has 116 valence electrons. The van der Waals surface area contributed by atoms with Gasteiger partial charge in [0.15, 0.2) is 5.76 Å². The minimum Gasteiger partial charge on any atom is -0.459 e. The number of halogens is 1. The first-order chi connectivity index (χ1) is 11.2. The average molecular weight is 370 g/mol. The quantitative estimate of drug-likeness (QED) is 0.649. The normalized spacial score (nSPS) is 10.5. The van der Waals surface area contributed by atoms with Crippen LogP contribution in [0.5, 0.6) is 0 Å². The molecule has 0 aliphatic rings. The molecule has 0 atom stereocenters. The fraction of sp³-hybridized carbons (Fsp3) is 0.105. The molecule has 0 aliphatic carbocycles. The number of furan rings is 1. The third-order valence-electron chi connectivity index (χ3n) is 3.66. The summed E-state index contributed by atoms with van der Waals surface area (Å²) in [4.78, 5) is 14.4. The number of carbonyl (C=O) groups excluding carboxylic acids is 1. The molecule has 3 nitrogen and oxygen atoms in total. The summed E-state index contributed by atoms with van der Waals surface area (Å²) in [5.41, 5.74) is 2.84. The van der Waals surface area contributed by atoms with Crippen LogP contribution in [0.4, 0.5) is 0 Å². The van der Waals surface area contributed by atoms with Crippen molar-refractivity contribution >= 4 is 21.8 Å². The van der Waals surface area contributed by atoms with Gasteiger partial charge in [0, 0.05) is 23.6 Å². The van der Waals surface area contributed by atoms with Crippen LogP contribution in [-0.2, 0) is 6.54 Å². The maximum atomic E-state index is 12.7. The molecular formula is C19H16BrNO2. The smallest absolute Gasteiger partial charge is 0.290 e. The third kappa shape index (κ3) is 3.37. The highest BCUT2D eigenvalue weighted by Crippen LogP contribution is 2.26. The zero-order chi connectivity index (χ0) is 16.2. The monoisotopic (exact) mass is 369 g/mol. The topological polar surface area (TPSA) is 33.5 Å². The fourth-order valence-electron chi connectivity index (χ4n) is 2.45. The van der Waals surface area contributed by atoms with E-state index in [9.17, 15) is 4.79 Å². The molecule has 0 N–H and O–H groups in total. The zero-order valence-electron chi connectivity index (χ0n) is 12.7. The molecule has 23 heavy (non-hydrogen) atoms. The highest BCUT2D eigenvalue weighted by molar-refractivity contribution is 9.10. The minimum atomic E-state index is -0.135. The molecule has 1 amide bonds. The van der Waals surface area contributed by atoms with Gasteiger partial charge in [0.25, 0.3) is 5.91 Å². The Bertz CT molecular complexity index is 811. The first kappa shape index (κ1) is 15.6. The summed E-state index contributed by atoms with van der Waals surface area (Å²) in [6, 6.07) is 19.5. The lowest BCUT2D eigenvalue weighted by Gasteiger charge is -2.17. The van der Waals surface area contributed by atoms with Crippen LogP contribution < -0.4 is 0 Å². The van der Waals surface area contributed by atoms with Gasteiger partial charge in [-0.3, -0.25) is 4.79 Å². The summed E-state index contributed by atoms with van der Waals surface area (Å²) in [7, 11) is 1.78. The maximum Gasteiger partial charge on any atom is 0.290 e. The summed E-state index contributed by atoms with van der Waals surface area (Å²) >= 11 is 3.51. The Morgan fingerprint density at radius 3 is 2.48 bits per heavy atom. The van der Waals surface area contributed by atoms with Gasteiger partial charge >= 0.3 is 0 Å². The third-order valence-corrected chi connectivity index (χ3v) is 4.43. The van der Waals surface area contributed by atoms with Gasteiger partial charge in [0.05, 0.1) is 6.26 Å². The number of rotatable bonds is 4. The fourth-order valence-corrected chi connectivity index (χ4v) is 2.86. The van der Waals surface area contributed by atoms with Gasteiger partial charge in [-0.2, -0.15) is 0 Å². The van der Waals surface area contributed by atoms with Gasteiger partial charge in [-0.15, -0.1) is 0 Å². The van der Waals surface area contributed by atoms with Crippen molar-refractivity contribution in [1.29, 1.82) is 0 Å². The predicted molar refractivity (Wildman–Crippen MR) is 94.1 cm³/mol. The van der Waals surface area contributed by atoms with Gasteiger partial charge in [-0.25, -0.2) is 0 Å². The number of amides is 1. The van der Waals surface area contributed by atoms with Crippen molar-refractivity contribution in [3.05, 3.63) is 82.7 Å². The second-order valence-electron chi connectivity index (χ2n) is 5.28. The first-order valence-corrected chi connectivity index (χ1v) is 8.08. The number of hydrogen-bond acceptors (Lipinski definition) is 2. The van der Waals surface area contributed by atoms with Crippen LogP contribution in [0.1, 0.15) is 16.1 Å². The van der Waals surface area contributed by atoms with E-state index in [1.54, 1.807) is 18.2 Å². The van der Waals surface area contributed by atoms with E-state index in [-0.39, 0.29) is 5.91 Å². The molecule has 2 aromatic carbocycles. The van der Waals surface area contributed by atoms with Crippen molar-refractivity contribution in [3.8, 4) is 11.1 Å². The molecule has 0 spiro atoms. The van der Waals surface area contributed by atoms with Gasteiger partial charge in [0.1, 0.15) is 0 Å². The Balaban J connectivity index is 1.84. The molecule has 1 heterocycles. The second-order valence-corrected chi connectivity index (χ2v) is 6.14. The van der Waals surface area contributed by atoms with Crippen LogP contribution >= 0.6 is 15.9 Å². The van der Waals surface area contributed by atoms with Gasteiger partial charge < -0.3 is 9.32 Å². The average Bonchev–Trinajstić information content (AvgIpc) is 3.06. The molecule has 3 aromatic rings. The Morgan fingerprint density at radius 2 is 1.74 bits per heavy atom. The molecule has 0 radical (unpaired) electrons. The van der Waals surface area contributed by atoms with E-state index in [4.69, 9.17) is 4.42 Å². The Morgan fingerprint density at radius 1 is 1.04 bits per heavy atom. The van der Waals surface area contributed by atoms with Gasteiger partial charge in [-0.05, 0) is 23.3 Å². The molecule has 0 fully saturated rings. The lowest BCUT2D eigenvalue weighted by atomic mass is 10.1. The maximum absolute atomic E-state index is 12.7. The number of benzene rings is 2. The molecular weight excluding hydrogens is 354 g/mol. The summed E-state index contributed by atoms with van der Waals surface area (Å²) in [6.45, 7) is 0.509.